The molecule has 0 aliphatic rings. The number of nitrogens with zero attached hydrogens (tertiary/aromatic N) is 1. The number of hydrogen-bond acceptors (Lipinski definition) is 2. The minimum absolute atomic E-state index is 0.232. The third kappa shape index (κ3) is 3.31. The Labute approximate surface area is 124 Å². The molecular weight excluding hydrogens is 270 g/mol. The summed E-state index contributed by atoms with van der Waals surface area (Å²) in [5.74, 6) is 0.585. The molecule has 2 nitrogen and oxygen atoms in total. The van der Waals surface area contributed by atoms with Gasteiger partial charge in [-0.05, 0) is 42.7 Å². The molecule has 3 heteroatoms. The second-order valence-electron chi connectivity index (χ2n) is 4.76. The van der Waals surface area contributed by atoms with Crippen LogP contribution in [0.5, 0.6) is 5.75 Å². The number of rotatable bonds is 4. The SMILES string of the molecule is COc1ccc(C)cc1CC(C#N)c1cccc(Cl)c1. The van der Waals surface area contributed by atoms with Crippen molar-refractivity contribution in [3.8, 4) is 11.8 Å². The molecule has 0 aromatic heterocycles. The molecule has 0 aliphatic carbocycles. The molecular formula is C17H16ClNO. The Morgan fingerprint density at radius 2 is 2.05 bits per heavy atom. The van der Waals surface area contributed by atoms with E-state index >= 15 is 0 Å². The van der Waals surface area contributed by atoms with Crippen molar-refractivity contribution < 1.29 is 4.74 Å². The van der Waals surface area contributed by atoms with E-state index in [1.54, 1.807) is 7.11 Å². The lowest BCUT2D eigenvalue weighted by atomic mass is 9.92. The van der Waals surface area contributed by atoms with Crippen LogP contribution >= 0.6 is 11.6 Å². The minimum Gasteiger partial charge on any atom is -0.496 e. The van der Waals surface area contributed by atoms with Crippen molar-refractivity contribution in [1.82, 2.24) is 0 Å². The van der Waals surface area contributed by atoms with Gasteiger partial charge >= 0.3 is 0 Å². The fourth-order valence-corrected chi connectivity index (χ4v) is 2.45. The van der Waals surface area contributed by atoms with Crippen molar-refractivity contribution in [2.75, 3.05) is 7.11 Å². The van der Waals surface area contributed by atoms with Gasteiger partial charge in [-0.3, -0.25) is 0 Å². The highest BCUT2D eigenvalue weighted by molar-refractivity contribution is 6.30. The first-order chi connectivity index (χ1) is 9.63. The highest BCUT2D eigenvalue weighted by atomic mass is 35.5. The van der Waals surface area contributed by atoms with Crippen LogP contribution in [0.2, 0.25) is 5.02 Å². The molecule has 0 saturated carbocycles. The first-order valence-electron chi connectivity index (χ1n) is 6.42. The van der Waals surface area contributed by atoms with Crippen molar-refractivity contribution in [2.45, 2.75) is 19.3 Å². The van der Waals surface area contributed by atoms with Crippen molar-refractivity contribution >= 4 is 11.6 Å². The molecule has 2 aromatic rings. The van der Waals surface area contributed by atoms with Crippen LogP contribution in [0, 0.1) is 18.3 Å². The minimum atomic E-state index is -0.232. The maximum atomic E-state index is 9.43. The maximum absolute atomic E-state index is 9.43. The molecule has 0 radical (unpaired) electrons. The van der Waals surface area contributed by atoms with Gasteiger partial charge in [-0.15, -0.1) is 0 Å². The predicted molar refractivity (Wildman–Crippen MR) is 81.2 cm³/mol. The van der Waals surface area contributed by atoms with Gasteiger partial charge in [-0.2, -0.15) is 5.26 Å². The number of nitriles is 1. The fourth-order valence-electron chi connectivity index (χ4n) is 2.25. The summed E-state index contributed by atoms with van der Waals surface area (Å²) >= 11 is 6.00. The summed E-state index contributed by atoms with van der Waals surface area (Å²) in [5, 5.41) is 10.1. The summed E-state index contributed by atoms with van der Waals surface area (Å²) in [6.45, 7) is 2.03. The van der Waals surface area contributed by atoms with Gasteiger partial charge in [0.2, 0.25) is 0 Å². The molecule has 1 atom stereocenters. The zero-order chi connectivity index (χ0) is 14.5. The molecule has 20 heavy (non-hydrogen) atoms. The van der Waals surface area contributed by atoms with Gasteiger partial charge in [0.25, 0.3) is 0 Å². The Bertz CT molecular complexity index is 646. The molecule has 2 rings (SSSR count). The number of aryl methyl sites for hydroxylation is 1. The Morgan fingerprint density at radius 3 is 2.70 bits per heavy atom. The average molecular weight is 286 g/mol. The summed E-state index contributed by atoms with van der Waals surface area (Å²) in [6.07, 6.45) is 0.613. The van der Waals surface area contributed by atoms with Crippen molar-refractivity contribution in [3.05, 3.63) is 64.2 Å². The van der Waals surface area contributed by atoms with Crippen LogP contribution in [-0.4, -0.2) is 7.11 Å². The first kappa shape index (κ1) is 14.4. The van der Waals surface area contributed by atoms with Crippen LogP contribution in [0.3, 0.4) is 0 Å². The van der Waals surface area contributed by atoms with Crippen molar-refractivity contribution in [3.63, 3.8) is 0 Å². The molecule has 0 N–H and O–H groups in total. The molecule has 0 spiro atoms. The van der Waals surface area contributed by atoms with Gasteiger partial charge in [0.1, 0.15) is 5.75 Å². The maximum Gasteiger partial charge on any atom is 0.122 e. The standard InChI is InChI=1S/C17H16ClNO/c1-12-6-7-17(20-2)14(8-12)9-15(11-19)13-4-3-5-16(18)10-13/h3-8,10,15H,9H2,1-2H3. The number of benzene rings is 2. The van der Waals surface area contributed by atoms with E-state index in [0.717, 1.165) is 22.4 Å². The quantitative estimate of drug-likeness (QED) is 0.828. The smallest absolute Gasteiger partial charge is 0.122 e. The lowest BCUT2D eigenvalue weighted by Crippen LogP contribution is -2.02. The van der Waals surface area contributed by atoms with Crippen LogP contribution < -0.4 is 4.74 Å². The van der Waals surface area contributed by atoms with Crippen molar-refractivity contribution in [2.24, 2.45) is 0 Å². The second kappa shape index (κ2) is 6.45. The Kier molecular flexibility index (Phi) is 4.65. The predicted octanol–water partition coefficient (Wildman–Crippen LogP) is 4.51. The van der Waals surface area contributed by atoms with E-state index in [1.165, 1.54) is 0 Å². The van der Waals surface area contributed by atoms with Crippen LogP contribution in [0.15, 0.2) is 42.5 Å². The highest BCUT2D eigenvalue weighted by Gasteiger charge is 2.15. The zero-order valence-electron chi connectivity index (χ0n) is 11.6. The van der Waals surface area contributed by atoms with Gasteiger partial charge in [0.15, 0.2) is 0 Å². The van der Waals surface area contributed by atoms with Gasteiger partial charge in [0, 0.05) is 5.02 Å². The molecule has 1 unspecified atom stereocenters. The normalized spacial score (nSPS) is 11.7. The van der Waals surface area contributed by atoms with E-state index in [4.69, 9.17) is 16.3 Å². The molecule has 0 fully saturated rings. The summed E-state index contributed by atoms with van der Waals surface area (Å²) < 4.78 is 5.37. The summed E-state index contributed by atoms with van der Waals surface area (Å²) in [5.41, 5.74) is 3.13. The molecule has 0 heterocycles. The van der Waals surface area contributed by atoms with E-state index in [1.807, 2.05) is 43.3 Å². The van der Waals surface area contributed by atoms with E-state index in [9.17, 15) is 5.26 Å². The van der Waals surface area contributed by atoms with E-state index in [2.05, 4.69) is 12.1 Å². The zero-order valence-corrected chi connectivity index (χ0v) is 12.3. The van der Waals surface area contributed by atoms with Gasteiger partial charge in [-0.1, -0.05) is 41.4 Å². The lowest BCUT2D eigenvalue weighted by Gasteiger charge is -2.13. The van der Waals surface area contributed by atoms with Crippen molar-refractivity contribution in [1.29, 1.82) is 5.26 Å². The molecule has 0 saturated heterocycles. The van der Waals surface area contributed by atoms with Gasteiger partial charge in [0.05, 0.1) is 19.1 Å². The molecule has 2 aromatic carbocycles. The Hall–Kier alpha value is -1.98. The number of halogens is 1. The Morgan fingerprint density at radius 1 is 1.25 bits per heavy atom. The third-order valence-electron chi connectivity index (χ3n) is 3.27. The molecule has 0 bridgehead atoms. The summed E-state index contributed by atoms with van der Waals surface area (Å²) in [6, 6.07) is 15.8. The number of ether oxygens (including phenoxy) is 1. The second-order valence-corrected chi connectivity index (χ2v) is 5.19. The van der Waals surface area contributed by atoms with E-state index in [0.29, 0.717) is 11.4 Å². The van der Waals surface area contributed by atoms with E-state index < -0.39 is 0 Å². The average Bonchev–Trinajstić information content (AvgIpc) is 2.45. The molecule has 102 valence electrons. The summed E-state index contributed by atoms with van der Waals surface area (Å²) in [7, 11) is 1.65. The van der Waals surface area contributed by atoms with Crippen LogP contribution in [0.4, 0.5) is 0 Å². The van der Waals surface area contributed by atoms with Gasteiger partial charge < -0.3 is 4.74 Å². The van der Waals surface area contributed by atoms with Crippen LogP contribution in [0.1, 0.15) is 22.6 Å². The lowest BCUT2D eigenvalue weighted by molar-refractivity contribution is 0.409. The van der Waals surface area contributed by atoms with Gasteiger partial charge in [-0.25, -0.2) is 0 Å². The largest absolute Gasteiger partial charge is 0.496 e. The fraction of sp³-hybridized carbons (Fsp3) is 0.235. The third-order valence-corrected chi connectivity index (χ3v) is 3.50. The first-order valence-corrected chi connectivity index (χ1v) is 6.80. The Balaban J connectivity index is 2.32. The van der Waals surface area contributed by atoms with E-state index in [-0.39, 0.29) is 5.92 Å². The molecule has 0 aliphatic heterocycles. The number of hydrogen-bond donors (Lipinski definition) is 0. The highest BCUT2D eigenvalue weighted by Crippen LogP contribution is 2.28. The van der Waals surface area contributed by atoms with Crippen LogP contribution in [-0.2, 0) is 6.42 Å². The monoisotopic (exact) mass is 285 g/mol. The number of methoxy groups -OCH3 is 1. The topological polar surface area (TPSA) is 33.0 Å². The summed E-state index contributed by atoms with van der Waals surface area (Å²) in [4.78, 5) is 0. The molecule has 0 amide bonds. The van der Waals surface area contributed by atoms with Crippen LogP contribution in [0.25, 0.3) is 0 Å².